The zero-order valence-corrected chi connectivity index (χ0v) is 18.9. The van der Waals surface area contributed by atoms with E-state index < -0.39 is 17.2 Å². The molecule has 0 aromatic carbocycles. The SMILES string of the molecule is CC(C)Cn1c(=O)n(C)c(=O)c2c(C(=O)O)c(Cn3c(Br)nc(Cl)c3Cl)sc21. The standard InChI is InChI=1S/C16H15BrCl2N4O4S/c1-6(2)4-23-13-9(12(24)21(3)16(23)27)8(14(25)26)7(28-13)5-22-11(19)10(18)20-15(22)17/h6H,4-5H2,1-3H3,(H,25,26). The number of halogens is 3. The van der Waals surface area contributed by atoms with E-state index in [0.717, 1.165) is 15.9 Å². The summed E-state index contributed by atoms with van der Waals surface area (Å²) in [5.41, 5.74) is -1.28. The van der Waals surface area contributed by atoms with Crippen molar-refractivity contribution in [2.24, 2.45) is 13.0 Å². The molecule has 0 saturated carbocycles. The average molecular weight is 510 g/mol. The highest BCUT2D eigenvalue weighted by Gasteiger charge is 2.26. The molecule has 0 aliphatic carbocycles. The Kier molecular flexibility index (Phi) is 5.77. The van der Waals surface area contributed by atoms with Gasteiger partial charge in [0.15, 0.2) is 9.89 Å². The normalized spacial score (nSPS) is 11.7. The van der Waals surface area contributed by atoms with Crippen molar-refractivity contribution in [3.05, 3.63) is 46.3 Å². The summed E-state index contributed by atoms with van der Waals surface area (Å²) in [5.74, 6) is -1.14. The summed E-state index contributed by atoms with van der Waals surface area (Å²) in [5, 5.41) is 10.0. The Labute approximate surface area is 181 Å². The molecule has 0 spiro atoms. The van der Waals surface area contributed by atoms with E-state index in [4.69, 9.17) is 23.2 Å². The Bertz CT molecular complexity index is 1220. The van der Waals surface area contributed by atoms with Crippen molar-refractivity contribution < 1.29 is 9.90 Å². The number of carbonyl (C=O) groups is 1. The molecule has 28 heavy (non-hydrogen) atoms. The van der Waals surface area contributed by atoms with Crippen molar-refractivity contribution in [2.45, 2.75) is 26.9 Å². The molecule has 0 fully saturated rings. The third-order valence-corrected chi connectivity index (χ3v) is 6.67. The van der Waals surface area contributed by atoms with Gasteiger partial charge >= 0.3 is 11.7 Å². The summed E-state index contributed by atoms with van der Waals surface area (Å²) in [6, 6.07) is 0. The van der Waals surface area contributed by atoms with Gasteiger partial charge in [0.25, 0.3) is 5.56 Å². The summed E-state index contributed by atoms with van der Waals surface area (Å²) in [4.78, 5) is 42.1. The summed E-state index contributed by atoms with van der Waals surface area (Å²) < 4.78 is 4.18. The van der Waals surface area contributed by atoms with Crippen molar-refractivity contribution in [3.8, 4) is 0 Å². The van der Waals surface area contributed by atoms with Gasteiger partial charge in [0, 0.05) is 18.5 Å². The highest BCUT2D eigenvalue weighted by Crippen LogP contribution is 2.33. The zero-order valence-electron chi connectivity index (χ0n) is 15.0. The van der Waals surface area contributed by atoms with Crippen molar-refractivity contribution in [2.75, 3.05) is 0 Å². The van der Waals surface area contributed by atoms with Crippen molar-refractivity contribution in [1.82, 2.24) is 18.7 Å². The van der Waals surface area contributed by atoms with Gasteiger partial charge in [-0.15, -0.1) is 11.3 Å². The zero-order chi connectivity index (χ0) is 20.9. The average Bonchev–Trinajstić information content (AvgIpc) is 3.10. The number of hydrogen-bond donors (Lipinski definition) is 1. The van der Waals surface area contributed by atoms with E-state index in [1.165, 1.54) is 16.2 Å². The van der Waals surface area contributed by atoms with Crippen LogP contribution in [0.4, 0.5) is 0 Å². The second-order valence-corrected chi connectivity index (χ2v) is 9.09. The van der Waals surface area contributed by atoms with Crippen LogP contribution in [0.2, 0.25) is 10.3 Å². The minimum atomic E-state index is -1.26. The van der Waals surface area contributed by atoms with Crippen LogP contribution in [-0.2, 0) is 20.1 Å². The predicted octanol–water partition coefficient (Wildman–Crippen LogP) is 3.43. The number of rotatable bonds is 5. The molecule has 0 bridgehead atoms. The molecule has 8 nitrogen and oxygen atoms in total. The van der Waals surface area contributed by atoms with Gasteiger partial charge in [0.05, 0.1) is 17.5 Å². The van der Waals surface area contributed by atoms with E-state index in [1.54, 1.807) is 0 Å². The first kappa shape index (κ1) is 21.1. The first-order valence-corrected chi connectivity index (χ1v) is 10.5. The van der Waals surface area contributed by atoms with E-state index in [9.17, 15) is 19.5 Å². The van der Waals surface area contributed by atoms with Crippen LogP contribution in [0.25, 0.3) is 10.2 Å². The number of aromatic carboxylic acids is 1. The van der Waals surface area contributed by atoms with Crippen LogP contribution in [0.3, 0.4) is 0 Å². The number of carboxylic acid groups (broad SMARTS) is 1. The Hall–Kier alpha value is -1.62. The fourth-order valence-electron chi connectivity index (χ4n) is 2.90. The molecule has 12 heteroatoms. The number of hydrogen-bond acceptors (Lipinski definition) is 5. The van der Waals surface area contributed by atoms with Gasteiger partial charge in [0.2, 0.25) is 0 Å². The summed E-state index contributed by atoms with van der Waals surface area (Å²) >= 11 is 16.4. The van der Waals surface area contributed by atoms with Gasteiger partial charge in [-0.05, 0) is 21.8 Å². The van der Waals surface area contributed by atoms with E-state index in [0.29, 0.717) is 21.0 Å². The van der Waals surface area contributed by atoms with E-state index in [-0.39, 0.29) is 33.7 Å². The van der Waals surface area contributed by atoms with Crippen LogP contribution in [0.15, 0.2) is 14.3 Å². The Morgan fingerprint density at radius 1 is 1.29 bits per heavy atom. The third kappa shape index (κ3) is 3.42. The monoisotopic (exact) mass is 508 g/mol. The lowest BCUT2D eigenvalue weighted by molar-refractivity contribution is 0.0698. The highest BCUT2D eigenvalue weighted by molar-refractivity contribution is 9.10. The van der Waals surface area contributed by atoms with Gasteiger partial charge in [-0.1, -0.05) is 37.0 Å². The molecule has 0 amide bonds. The summed E-state index contributed by atoms with van der Waals surface area (Å²) in [6.45, 7) is 4.24. The first-order chi connectivity index (χ1) is 13.0. The number of aromatic nitrogens is 4. The maximum Gasteiger partial charge on any atom is 0.337 e. The minimum absolute atomic E-state index is 0.00806. The van der Waals surface area contributed by atoms with Crippen LogP contribution in [0.5, 0.6) is 0 Å². The van der Waals surface area contributed by atoms with Gasteiger partial charge in [-0.25, -0.2) is 14.6 Å². The van der Waals surface area contributed by atoms with Crippen LogP contribution in [-0.4, -0.2) is 29.8 Å². The van der Waals surface area contributed by atoms with Gasteiger partial charge in [-0.2, -0.15) is 0 Å². The van der Waals surface area contributed by atoms with Crippen LogP contribution < -0.4 is 11.2 Å². The van der Waals surface area contributed by atoms with E-state index in [1.807, 2.05) is 13.8 Å². The number of imidazole rings is 1. The lowest BCUT2D eigenvalue weighted by Gasteiger charge is -2.11. The molecule has 1 N–H and O–H groups in total. The molecule has 3 heterocycles. The molecule has 0 atom stereocenters. The smallest absolute Gasteiger partial charge is 0.337 e. The van der Waals surface area contributed by atoms with Crippen molar-refractivity contribution in [1.29, 1.82) is 0 Å². The van der Waals surface area contributed by atoms with Crippen LogP contribution >= 0.6 is 50.5 Å². The summed E-state index contributed by atoms with van der Waals surface area (Å²) in [7, 11) is 1.34. The van der Waals surface area contributed by atoms with Gasteiger partial charge in [-0.3, -0.25) is 13.9 Å². The van der Waals surface area contributed by atoms with E-state index >= 15 is 0 Å². The molecular formula is C16H15BrCl2N4O4S. The second kappa shape index (κ2) is 7.66. The number of carboxylic acids is 1. The number of fused-ring (bicyclic) bond motifs is 1. The minimum Gasteiger partial charge on any atom is -0.478 e. The Morgan fingerprint density at radius 2 is 1.93 bits per heavy atom. The topological polar surface area (TPSA) is 99.1 Å². The van der Waals surface area contributed by atoms with Gasteiger partial charge < -0.3 is 9.67 Å². The molecular weight excluding hydrogens is 495 g/mol. The number of thiophene rings is 1. The molecule has 0 unspecified atom stereocenters. The third-order valence-electron chi connectivity index (χ3n) is 4.13. The molecule has 3 aromatic rings. The van der Waals surface area contributed by atoms with Crippen LogP contribution in [0, 0.1) is 5.92 Å². The van der Waals surface area contributed by atoms with E-state index in [2.05, 4.69) is 20.9 Å². The molecule has 150 valence electrons. The largest absolute Gasteiger partial charge is 0.478 e. The van der Waals surface area contributed by atoms with Crippen molar-refractivity contribution >= 4 is 66.7 Å². The Morgan fingerprint density at radius 3 is 2.43 bits per heavy atom. The lowest BCUT2D eigenvalue weighted by Crippen LogP contribution is -2.38. The number of nitrogens with zero attached hydrogens (tertiary/aromatic N) is 4. The predicted molar refractivity (Wildman–Crippen MR) is 112 cm³/mol. The summed E-state index contributed by atoms with van der Waals surface area (Å²) in [6.07, 6.45) is 0. The maximum atomic E-state index is 12.7. The first-order valence-electron chi connectivity index (χ1n) is 8.10. The molecule has 0 saturated heterocycles. The second-order valence-electron chi connectivity index (χ2n) is 6.59. The van der Waals surface area contributed by atoms with Crippen molar-refractivity contribution in [3.63, 3.8) is 0 Å². The molecule has 3 aromatic heterocycles. The van der Waals surface area contributed by atoms with Gasteiger partial charge in [0.1, 0.15) is 9.98 Å². The maximum absolute atomic E-state index is 12.7. The Balaban J connectivity index is 2.37. The fraction of sp³-hybridized carbons (Fsp3) is 0.375. The fourth-order valence-corrected chi connectivity index (χ4v) is 5.22. The molecule has 0 aliphatic rings. The lowest BCUT2D eigenvalue weighted by atomic mass is 10.1. The molecule has 0 radical (unpaired) electrons. The highest BCUT2D eigenvalue weighted by atomic mass is 79.9. The molecule has 0 aliphatic heterocycles. The quantitative estimate of drug-likeness (QED) is 0.568. The molecule has 3 rings (SSSR count). The van der Waals surface area contributed by atoms with Crippen LogP contribution in [0.1, 0.15) is 29.1 Å².